The molecule has 33 heavy (non-hydrogen) atoms. The molecule has 1 aromatic carbocycles. The van der Waals surface area contributed by atoms with Crippen LogP contribution in [0.1, 0.15) is 45.4 Å². The summed E-state index contributed by atoms with van der Waals surface area (Å²) >= 11 is 3.22. The lowest BCUT2D eigenvalue weighted by molar-refractivity contribution is 0.130. The molecular weight excluding hydrogens is 456 g/mol. The molecule has 3 aromatic heterocycles. The van der Waals surface area contributed by atoms with E-state index in [4.69, 9.17) is 14.2 Å². The molecule has 10 heteroatoms. The van der Waals surface area contributed by atoms with Crippen LogP contribution in [-0.4, -0.2) is 50.2 Å². The van der Waals surface area contributed by atoms with Crippen molar-refractivity contribution in [2.24, 2.45) is 5.92 Å². The summed E-state index contributed by atoms with van der Waals surface area (Å²) in [5.41, 5.74) is 2.02. The Bertz CT molecular complexity index is 1180. The summed E-state index contributed by atoms with van der Waals surface area (Å²) in [6.45, 7) is 8.04. The fourth-order valence-corrected chi connectivity index (χ4v) is 5.26. The first kappa shape index (κ1) is 22.2. The minimum atomic E-state index is 0.0791. The van der Waals surface area contributed by atoms with Crippen LogP contribution in [0.3, 0.4) is 0 Å². The maximum Gasteiger partial charge on any atom is 0.324 e. The number of nitrogens with zero attached hydrogens (tertiary/aromatic N) is 6. The van der Waals surface area contributed by atoms with Crippen molar-refractivity contribution >= 4 is 34.1 Å². The second-order valence-electron chi connectivity index (χ2n) is 8.69. The van der Waals surface area contributed by atoms with Gasteiger partial charge in [0.15, 0.2) is 5.82 Å². The predicted octanol–water partition coefficient (Wildman–Crippen LogP) is 5.37. The van der Waals surface area contributed by atoms with Crippen LogP contribution in [-0.2, 0) is 0 Å². The molecule has 4 aromatic rings. The van der Waals surface area contributed by atoms with E-state index in [-0.39, 0.29) is 12.0 Å². The standard InChI is InChI=1S/C23H28N6O2S2/c1-14(2)20-25-21(31-27-20)28-11-9-16(10-12-28)15(3)30-23-26-29-13-19(24-22(29)33-23)17-5-7-18(32-4)8-6-17/h5-8,13-16H,9-12H2,1-4H3. The lowest BCUT2D eigenvalue weighted by Gasteiger charge is -2.33. The normalized spacial score (nSPS) is 16.1. The van der Waals surface area contributed by atoms with Crippen LogP contribution in [0.2, 0.25) is 0 Å². The quantitative estimate of drug-likeness (QED) is 0.324. The average molecular weight is 485 g/mol. The van der Waals surface area contributed by atoms with Crippen molar-refractivity contribution in [2.45, 2.75) is 50.5 Å². The Morgan fingerprint density at radius 2 is 1.88 bits per heavy atom. The Kier molecular flexibility index (Phi) is 6.29. The van der Waals surface area contributed by atoms with Crippen LogP contribution < -0.4 is 9.64 Å². The van der Waals surface area contributed by atoms with Gasteiger partial charge in [0.05, 0.1) is 11.9 Å². The fraction of sp³-hybridized carbons (Fsp3) is 0.478. The highest BCUT2D eigenvalue weighted by Crippen LogP contribution is 2.31. The van der Waals surface area contributed by atoms with Crippen molar-refractivity contribution in [2.75, 3.05) is 24.2 Å². The number of rotatable bonds is 7. The number of anilines is 1. The van der Waals surface area contributed by atoms with Gasteiger partial charge in [0.2, 0.25) is 4.96 Å². The van der Waals surface area contributed by atoms with E-state index in [1.807, 2.05) is 10.7 Å². The van der Waals surface area contributed by atoms with Gasteiger partial charge in [0, 0.05) is 29.5 Å². The van der Waals surface area contributed by atoms with Crippen LogP contribution >= 0.6 is 23.1 Å². The first-order valence-electron chi connectivity index (χ1n) is 11.3. The minimum Gasteiger partial charge on any atom is -0.466 e. The van der Waals surface area contributed by atoms with E-state index in [1.165, 1.54) is 16.2 Å². The van der Waals surface area contributed by atoms with E-state index < -0.39 is 0 Å². The van der Waals surface area contributed by atoms with Gasteiger partial charge in [-0.25, -0.2) is 9.50 Å². The number of imidazole rings is 1. The zero-order valence-electron chi connectivity index (χ0n) is 19.3. The molecule has 0 aliphatic carbocycles. The van der Waals surface area contributed by atoms with Crippen molar-refractivity contribution in [3.63, 3.8) is 0 Å². The molecule has 0 amide bonds. The van der Waals surface area contributed by atoms with Crippen LogP contribution in [0, 0.1) is 5.92 Å². The van der Waals surface area contributed by atoms with Crippen LogP contribution in [0.25, 0.3) is 16.2 Å². The van der Waals surface area contributed by atoms with Crippen molar-refractivity contribution in [1.29, 1.82) is 0 Å². The van der Waals surface area contributed by atoms with E-state index in [9.17, 15) is 0 Å². The second-order valence-corrected chi connectivity index (χ2v) is 10.5. The Morgan fingerprint density at radius 3 is 2.52 bits per heavy atom. The monoisotopic (exact) mass is 484 g/mol. The van der Waals surface area contributed by atoms with E-state index >= 15 is 0 Å². The number of aromatic nitrogens is 5. The topological polar surface area (TPSA) is 81.6 Å². The zero-order valence-corrected chi connectivity index (χ0v) is 20.9. The number of benzene rings is 1. The molecule has 0 N–H and O–H groups in total. The van der Waals surface area contributed by atoms with Crippen LogP contribution in [0.15, 0.2) is 39.9 Å². The molecule has 0 spiro atoms. The molecular formula is C23H28N6O2S2. The average Bonchev–Trinajstić information content (AvgIpc) is 3.54. The Hall–Kier alpha value is -2.59. The van der Waals surface area contributed by atoms with Gasteiger partial charge >= 0.3 is 6.01 Å². The van der Waals surface area contributed by atoms with Gasteiger partial charge in [-0.15, -0.1) is 16.9 Å². The summed E-state index contributed by atoms with van der Waals surface area (Å²) < 4.78 is 13.5. The third-order valence-electron chi connectivity index (χ3n) is 6.12. The second kappa shape index (κ2) is 9.34. The number of ether oxygens (including phenoxy) is 1. The summed E-state index contributed by atoms with van der Waals surface area (Å²) in [4.78, 5) is 13.5. The van der Waals surface area contributed by atoms with Gasteiger partial charge < -0.3 is 14.2 Å². The van der Waals surface area contributed by atoms with Crippen molar-refractivity contribution in [1.82, 2.24) is 24.7 Å². The summed E-state index contributed by atoms with van der Waals surface area (Å²) in [7, 11) is 0. The molecule has 1 unspecified atom stereocenters. The van der Waals surface area contributed by atoms with Gasteiger partial charge in [0.1, 0.15) is 6.10 Å². The number of thioether (sulfide) groups is 1. The molecule has 8 nitrogen and oxygen atoms in total. The lowest BCUT2D eigenvalue weighted by atomic mass is 9.92. The maximum absolute atomic E-state index is 6.22. The molecule has 1 saturated heterocycles. The van der Waals surface area contributed by atoms with E-state index in [2.05, 4.69) is 71.4 Å². The van der Waals surface area contributed by atoms with Crippen molar-refractivity contribution in [3.05, 3.63) is 36.3 Å². The number of fused-ring (bicyclic) bond motifs is 1. The number of hydrogen-bond donors (Lipinski definition) is 0. The Labute approximate surface area is 201 Å². The largest absolute Gasteiger partial charge is 0.466 e. The molecule has 0 saturated carbocycles. The van der Waals surface area contributed by atoms with Crippen molar-refractivity contribution < 1.29 is 9.26 Å². The Balaban J connectivity index is 1.18. The van der Waals surface area contributed by atoms with Crippen LogP contribution in [0.4, 0.5) is 6.01 Å². The van der Waals surface area contributed by atoms with E-state index in [0.717, 1.165) is 48.0 Å². The predicted molar refractivity (Wildman–Crippen MR) is 131 cm³/mol. The van der Waals surface area contributed by atoms with Gasteiger partial charge in [0.25, 0.3) is 5.19 Å². The SMILES string of the molecule is CSc1ccc(-c2cn3nc(OC(C)C4CCN(c5nc(C(C)C)no5)CC4)sc3n2)cc1. The smallest absolute Gasteiger partial charge is 0.324 e. The summed E-state index contributed by atoms with van der Waals surface area (Å²) in [5, 5.41) is 9.36. The summed E-state index contributed by atoms with van der Waals surface area (Å²) in [6, 6.07) is 9.06. The fourth-order valence-electron chi connectivity index (χ4n) is 4.04. The number of piperidine rings is 1. The van der Waals surface area contributed by atoms with Crippen molar-refractivity contribution in [3.8, 4) is 16.5 Å². The zero-order chi connectivity index (χ0) is 22.9. The molecule has 1 aliphatic rings. The molecule has 5 rings (SSSR count). The number of hydrogen-bond acceptors (Lipinski definition) is 9. The van der Waals surface area contributed by atoms with E-state index in [1.54, 1.807) is 11.8 Å². The van der Waals surface area contributed by atoms with Gasteiger partial charge in [-0.2, -0.15) is 4.98 Å². The molecule has 1 aliphatic heterocycles. The van der Waals surface area contributed by atoms with E-state index in [0.29, 0.717) is 17.1 Å². The third kappa shape index (κ3) is 4.72. The van der Waals surface area contributed by atoms with Crippen LogP contribution in [0.5, 0.6) is 5.19 Å². The molecule has 174 valence electrons. The highest BCUT2D eigenvalue weighted by atomic mass is 32.2. The first-order valence-corrected chi connectivity index (χ1v) is 13.3. The summed E-state index contributed by atoms with van der Waals surface area (Å²) in [6.07, 6.45) is 6.15. The van der Waals surface area contributed by atoms with Gasteiger partial charge in [-0.1, -0.05) is 31.1 Å². The molecule has 4 heterocycles. The maximum atomic E-state index is 6.22. The van der Waals surface area contributed by atoms with Gasteiger partial charge in [-0.3, -0.25) is 0 Å². The lowest BCUT2D eigenvalue weighted by Crippen LogP contribution is -2.38. The molecule has 0 bridgehead atoms. The highest BCUT2D eigenvalue weighted by molar-refractivity contribution is 7.98. The first-order chi connectivity index (χ1) is 16.0. The molecule has 1 fully saturated rings. The minimum absolute atomic E-state index is 0.0791. The Morgan fingerprint density at radius 1 is 1.12 bits per heavy atom. The van der Waals surface area contributed by atoms with Gasteiger partial charge in [-0.05, 0) is 55.4 Å². The molecule has 0 radical (unpaired) electrons. The highest BCUT2D eigenvalue weighted by Gasteiger charge is 2.28. The third-order valence-corrected chi connectivity index (χ3v) is 7.68. The molecule has 1 atom stereocenters. The summed E-state index contributed by atoms with van der Waals surface area (Å²) in [5.74, 6) is 1.48.